The largest absolute Gasteiger partial charge is 0.451 e. The molecule has 1 atom stereocenters. The minimum Gasteiger partial charge on any atom is -0.451 e. The van der Waals surface area contributed by atoms with Gasteiger partial charge in [0.1, 0.15) is 0 Å². The van der Waals surface area contributed by atoms with Gasteiger partial charge in [0, 0.05) is 5.39 Å². The molecule has 0 amide bonds. The number of carbonyl (C=O) groups is 1. The zero-order chi connectivity index (χ0) is 11.8. The Bertz CT molecular complexity index is 570. The number of para-hydroxylation sites is 1. The Morgan fingerprint density at radius 1 is 1.47 bits per heavy atom. The molecule has 1 aliphatic heterocycles. The number of hydrogen-bond acceptors (Lipinski definition) is 3. The molecule has 0 N–H and O–H groups in total. The molecule has 17 heavy (non-hydrogen) atoms. The van der Waals surface area contributed by atoms with Gasteiger partial charge in [-0.15, -0.1) is 0 Å². The van der Waals surface area contributed by atoms with Crippen LogP contribution in [0.3, 0.4) is 0 Å². The van der Waals surface area contributed by atoms with Crippen molar-refractivity contribution in [2.75, 3.05) is 5.75 Å². The van der Waals surface area contributed by atoms with Gasteiger partial charge >= 0.3 is 0 Å². The maximum Gasteiger partial charge on any atom is 0.210 e. The van der Waals surface area contributed by atoms with Crippen molar-refractivity contribution in [3.63, 3.8) is 0 Å². The Morgan fingerprint density at radius 3 is 3.06 bits per heavy atom. The van der Waals surface area contributed by atoms with Crippen molar-refractivity contribution in [1.29, 1.82) is 0 Å². The van der Waals surface area contributed by atoms with Crippen molar-refractivity contribution in [3.05, 3.63) is 35.0 Å². The van der Waals surface area contributed by atoms with Crippen molar-refractivity contribution in [2.24, 2.45) is 0 Å². The van der Waals surface area contributed by atoms with E-state index in [2.05, 4.69) is 0 Å². The molecule has 3 rings (SSSR count). The molecule has 0 saturated carbocycles. The van der Waals surface area contributed by atoms with Gasteiger partial charge in [0.2, 0.25) is 5.78 Å². The number of furan rings is 1. The topological polar surface area (TPSA) is 30.2 Å². The fourth-order valence-corrected chi connectivity index (χ4v) is 3.53. The molecule has 2 aromatic rings. The number of carbonyl (C=O) groups excluding carboxylic acids is 1. The van der Waals surface area contributed by atoms with Gasteiger partial charge in [-0.05, 0) is 30.7 Å². The number of Topliss-reactive ketones (excluding diaryl/α,β-unsaturated/α-hetero) is 1. The van der Waals surface area contributed by atoms with Crippen LogP contribution in [-0.2, 0) is 0 Å². The molecule has 0 radical (unpaired) electrons. The van der Waals surface area contributed by atoms with E-state index in [0.29, 0.717) is 16.4 Å². The lowest BCUT2D eigenvalue weighted by atomic mass is 10.1. The van der Waals surface area contributed by atoms with Crippen molar-refractivity contribution in [2.45, 2.75) is 18.1 Å². The van der Waals surface area contributed by atoms with Crippen molar-refractivity contribution >= 4 is 40.1 Å². The summed E-state index contributed by atoms with van der Waals surface area (Å²) in [5, 5.41) is 1.51. The summed E-state index contributed by atoms with van der Waals surface area (Å²) in [6, 6.07) is 7.33. The van der Waals surface area contributed by atoms with Gasteiger partial charge in [-0.25, -0.2) is 0 Å². The van der Waals surface area contributed by atoms with Gasteiger partial charge in [0.25, 0.3) is 0 Å². The molecule has 4 heteroatoms. The minimum atomic E-state index is 0.0642. The third kappa shape index (κ3) is 1.98. The summed E-state index contributed by atoms with van der Waals surface area (Å²) in [6.07, 6.45) is 2.07. The molecular formula is C13H11ClO2S. The Hall–Kier alpha value is -0.930. The molecule has 0 spiro atoms. The molecule has 1 aliphatic rings. The number of fused-ring (bicyclic) bond motifs is 1. The first kappa shape index (κ1) is 11.2. The van der Waals surface area contributed by atoms with Crippen molar-refractivity contribution < 1.29 is 9.21 Å². The summed E-state index contributed by atoms with van der Waals surface area (Å²) < 4.78 is 5.58. The van der Waals surface area contributed by atoms with Crippen LogP contribution >= 0.6 is 23.4 Å². The quantitative estimate of drug-likeness (QED) is 0.765. The molecule has 2 nitrogen and oxygen atoms in total. The van der Waals surface area contributed by atoms with E-state index in [0.717, 1.165) is 24.0 Å². The summed E-state index contributed by atoms with van der Waals surface area (Å²) in [4.78, 5) is 12.2. The van der Waals surface area contributed by atoms with E-state index in [1.165, 1.54) is 0 Å². The molecule has 0 aliphatic carbocycles. The fraction of sp³-hybridized carbons (Fsp3) is 0.308. The third-order valence-electron chi connectivity index (χ3n) is 2.96. The maximum atomic E-state index is 12.2. The second kappa shape index (κ2) is 4.39. The second-order valence-corrected chi connectivity index (χ2v) is 5.85. The molecular weight excluding hydrogens is 256 g/mol. The molecule has 1 aromatic heterocycles. The standard InChI is InChI=1S/C13H11ClO2S/c14-9-4-1-3-8-7-10(16-13(8)9)12(15)11-5-2-6-17-11/h1,3-4,7,11H,2,5-6H2. The van der Waals surface area contributed by atoms with Gasteiger partial charge in [-0.1, -0.05) is 23.7 Å². The first-order chi connectivity index (χ1) is 8.25. The normalized spacial score (nSPS) is 19.9. The molecule has 1 fully saturated rings. The van der Waals surface area contributed by atoms with Crippen LogP contribution in [0.5, 0.6) is 0 Å². The monoisotopic (exact) mass is 266 g/mol. The number of rotatable bonds is 2. The molecule has 1 saturated heterocycles. The number of halogens is 1. The second-order valence-electron chi connectivity index (χ2n) is 4.13. The highest BCUT2D eigenvalue weighted by Gasteiger charge is 2.27. The van der Waals surface area contributed by atoms with Gasteiger partial charge in [-0.3, -0.25) is 4.79 Å². The van der Waals surface area contributed by atoms with Gasteiger partial charge in [0.05, 0.1) is 10.3 Å². The molecule has 0 bridgehead atoms. The fourth-order valence-electron chi connectivity index (χ4n) is 2.09. The lowest BCUT2D eigenvalue weighted by Crippen LogP contribution is -2.12. The zero-order valence-electron chi connectivity index (χ0n) is 9.11. The highest BCUT2D eigenvalue weighted by Crippen LogP contribution is 2.32. The number of thioether (sulfide) groups is 1. The van der Waals surface area contributed by atoms with Crippen LogP contribution < -0.4 is 0 Å². The number of ketones is 1. The number of hydrogen-bond donors (Lipinski definition) is 0. The van der Waals surface area contributed by atoms with Gasteiger partial charge < -0.3 is 4.42 Å². The van der Waals surface area contributed by atoms with E-state index in [1.807, 2.05) is 12.1 Å². The van der Waals surface area contributed by atoms with Crippen LogP contribution in [0.4, 0.5) is 0 Å². The average molecular weight is 267 g/mol. The van der Waals surface area contributed by atoms with E-state index in [1.54, 1.807) is 23.9 Å². The van der Waals surface area contributed by atoms with Crippen molar-refractivity contribution in [3.8, 4) is 0 Å². The van der Waals surface area contributed by atoms with E-state index in [-0.39, 0.29) is 11.0 Å². The van der Waals surface area contributed by atoms with E-state index in [9.17, 15) is 4.79 Å². The summed E-state index contributed by atoms with van der Waals surface area (Å²) >= 11 is 7.74. The highest BCUT2D eigenvalue weighted by atomic mass is 35.5. The van der Waals surface area contributed by atoms with Crippen LogP contribution in [0.1, 0.15) is 23.4 Å². The molecule has 1 unspecified atom stereocenters. The average Bonchev–Trinajstić information content (AvgIpc) is 2.98. The summed E-state index contributed by atoms with van der Waals surface area (Å²) in [6.45, 7) is 0. The van der Waals surface area contributed by atoms with E-state index < -0.39 is 0 Å². The first-order valence-corrected chi connectivity index (χ1v) is 7.02. The van der Waals surface area contributed by atoms with Crippen LogP contribution in [0.2, 0.25) is 5.02 Å². The summed E-state index contributed by atoms with van der Waals surface area (Å²) in [5.74, 6) is 1.60. The zero-order valence-corrected chi connectivity index (χ0v) is 10.7. The third-order valence-corrected chi connectivity index (χ3v) is 4.64. The van der Waals surface area contributed by atoms with Gasteiger partial charge in [-0.2, -0.15) is 11.8 Å². The SMILES string of the molecule is O=C(c1cc2cccc(Cl)c2o1)C1CCCS1. The lowest BCUT2D eigenvalue weighted by Gasteiger charge is -2.03. The molecule has 1 aromatic carbocycles. The van der Waals surface area contributed by atoms with Crippen LogP contribution in [0, 0.1) is 0 Å². The Balaban J connectivity index is 2.00. The number of benzene rings is 1. The van der Waals surface area contributed by atoms with Crippen LogP contribution in [0.25, 0.3) is 11.0 Å². The Morgan fingerprint density at radius 2 is 2.35 bits per heavy atom. The first-order valence-electron chi connectivity index (χ1n) is 5.59. The molecule has 88 valence electrons. The highest BCUT2D eigenvalue weighted by molar-refractivity contribution is 8.00. The van der Waals surface area contributed by atoms with E-state index in [4.69, 9.17) is 16.0 Å². The summed E-state index contributed by atoms with van der Waals surface area (Å²) in [7, 11) is 0. The predicted octanol–water partition coefficient (Wildman–Crippen LogP) is 4.16. The molecule has 2 heterocycles. The van der Waals surface area contributed by atoms with Crippen LogP contribution in [0.15, 0.2) is 28.7 Å². The Labute approximate surface area is 108 Å². The maximum absolute atomic E-state index is 12.2. The van der Waals surface area contributed by atoms with E-state index >= 15 is 0 Å². The van der Waals surface area contributed by atoms with Crippen molar-refractivity contribution in [1.82, 2.24) is 0 Å². The Kier molecular flexibility index (Phi) is 2.89. The van der Waals surface area contributed by atoms with Gasteiger partial charge in [0.15, 0.2) is 11.3 Å². The summed E-state index contributed by atoms with van der Waals surface area (Å²) in [5.41, 5.74) is 0.612. The van der Waals surface area contributed by atoms with Crippen LogP contribution in [-0.4, -0.2) is 16.8 Å². The predicted molar refractivity (Wildman–Crippen MR) is 71.0 cm³/mol. The minimum absolute atomic E-state index is 0.0642. The lowest BCUT2D eigenvalue weighted by molar-refractivity contribution is 0.0964. The smallest absolute Gasteiger partial charge is 0.210 e.